The van der Waals surface area contributed by atoms with Crippen LogP contribution in [0.25, 0.3) is 0 Å². The molecule has 2 aromatic rings. The van der Waals surface area contributed by atoms with Crippen molar-refractivity contribution in [2.45, 2.75) is 32.2 Å². The summed E-state index contributed by atoms with van der Waals surface area (Å²) >= 11 is 0. The van der Waals surface area contributed by atoms with Gasteiger partial charge in [0.15, 0.2) is 6.61 Å². The number of carbonyl (C=O) groups excluding carboxylic acids is 4. The maximum Gasteiger partial charge on any atom is 0.344 e. The molecule has 1 atom stereocenters. The second-order valence-corrected chi connectivity index (χ2v) is 7.23. The van der Waals surface area contributed by atoms with Crippen LogP contribution in [-0.4, -0.2) is 35.2 Å². The zero-order valence-electron chi connectivity index (χ0n) is 16.8. The SMILES string of the molecule is CC(=O)CCc1ccc(OCC(=O)NN2C(=O)NC(C)(c3ccccc3)C2=O)cc1. The highest BCUT2D eigenvalue weighted by Crippen LogP contribution is 2.27. The lowest BCUT2D eigenvalue weighted by atomic mass is 9.92. The van der Waals surface area contributed by atoms with Crippen molar-refractivity contribution in [2.75, 3.05) is 6.61 Å². The maximum atomic E-state index is 12.8. The van der Waals surface area contributed by atoms with E-state index in [2.05, 4.69) is 10.7 Å². The van der Waals surface area contributed by atoms with E-state index in [0.717, 1.165) is 5.56 Å². The van der Waals surface area contributed by atoms with Gasteiger partial charge in [0, 0.05) is 6.42 Å². The number of ether oxygens (including phenoxy) is 1. The second-order valence-electron chi connectivity index (χ2n) is 7.23. The molecule has 1 fully saturated rings. The molecule has 8 heteroatoms. The lowest BCUT2D eigenvalue weighted by Crippen LogP contribution is -2.49. The number of urea groups is 1. The number of hydrogen-bond donors (Lipinski definition) is 2. The van der Waals surface area contributed by atoms with Crippen molar-refractivity contribution in [1.29, 1.82) is 0 Å². The fourth-order valence-corrected chi connectivity index (χ4v) is 3.09. The van der Waals surface area contributed by atoms with Crippen LogP contribution in [0.5, 0.6) is 5.75 Å². The van der Waals surface area contributed by atoms with E-state index in [1.54, 1.807) is 56.3 Å². The van der Waals surface area contributed by atoms with Crippen LogP contribution in [0.3, 0.4) is 0 Å². The van der Waals surface area contributed by atoms with Gasteiger partial charge in [0.25, 0.3) is 11.8 Å². The third-order valence-electron chi connectivity index (χ3n) is 4.84. The van der Waals surface area contributed by atoms with Crippen LogP contribution < -0.4 is 15.5 Å². The number of amides is 4. The number of ketones is 1. The van der Waals surface area contributed by atoms with Gasteiger partial charge in [0.1, 0.15) is 17.1 Å². The quantitative estimate of drug-likeness (QED) is 0.650. The minimum absolute atomic E-state index is 0.121. The van der Waals surface area contributed by atoms with E-state index < -0.39 is 23.4 Å². The Morgan fingerprint density at radius 3 is 2.37 bits per heavy atom. The summed E-state index contributed by atoms with van der Waals surface area (Å²) in [5, 5.41) is 3.28. The first kappa shape index (κ1) is 21.0. The number of Topliss-reactive ketones (excluding diaryl/α,β-unsaturated/α-hetero) is 1. The molecular weight excluding hydrogens is 386 g/mol. The van der Waals surface area contributed by atoms with Gasteiger partial charge < -0.3 is 14.8 Å². The molecule has 1 aliphatic heterocycles. The van der Waals surface area contributed by atoms with Gasteiger partial charge in [-0.3, -0.25) is 15.0 Å². The molecule has 156 valence electrons. The first-order chi connectivity index (χ1) is 14.3. The van der Waals surface area contributed by atoms with Gasteiger partial charge in [0.2, 0.25) is 0 Å². The molecule has 4 amide bonds. The molecule has 0 saturated carbocycles. The maximum absolute atomic E-state index is 12.8. The highest BCUT2D eigenvalue weighted by molar-refractivity contribution is 6.08. The van der Waals surface area contributed by atoms with Crippen molar-refractivity contribution < 1.29 is 23.9 Å². The summed E-state index contributed by atoms with van der Waals surface area (Å²) in [4.78, 5) is 48.3. The summed E-state index contributed by atoms with van der Waals surface area (Å²) in [5.41, 5.74) is 2.63. The molecule has 1 aliphatic rings. The third-order valence-corrected chi connectivity index (χ3v) is 4.84. The highest BCUT2D eigenvalue weighted by atomic mass is 16.5. The lowest BCUT2D eigenvalue weighted by Gasteiger charge is -2.22. The van der Waals surface area contributed by atoms with Crippen LogP contribution in [0.4, 0.5) is 4.79 Å². The Balaban J connectivity index is 1.55. The topological polar surface area (TPSA) is 105 Å². The molecule has 0 spiro atoms. The van der Waals surface area contributed by atoms with E-state index in [0.29, 0.717) is 29.2 Å². The average Bonchev–Trinajstić information content (AvgIpc) is 2.96. The molecule has 2 aromatic carbocycles. The first-order valence-corrected chi connectivity index (χ1v) is 9.52. The van der Waals surface area contributed by atoms with E-state index in [9.17, 15) is 19.2 Å². The predicted molar refractivity (Wildman–Crippen MR) is 108 cm³/mol. The molecular formula is C22H23N3O5. The fraction of sp³-hybridized carbons (Fsp3) is 0.273. The second kappa shape index (κ2) is 8.77. The third kappa shape index (κ3) is 4.65. The van der Waals surface area contributed by atoms with Crippen molar-refractivity contribution in [1.82, 2.24) is 15.8 Å². The van der Waals surface area contributed by atoms with Crippen LogP contribution in [0.15, 0.2) is 54.6 Å². The van der Waals surface area contributed by atoms with Crippen molar-refractivity contribution in [2.24, 2.45) is 0 Å². The summed E-state index contributed by atoms with van der Waals surface area (Å²) in [6.45, 7) is 2.76. The van der Waals surface area contributed by atoms with Crippen molar-refractivity contribution in [3.05, 3.63) is 65.7 Å². The number of nitrogens with zero attached hydrogens (tertiary/aromatic N) is 1. The van der Waals surface area contributed by atoms with E-state index >= 15 is 0 Å². The number of carbonyl (C=O) groups is 4. The van der Waals surface area contributed by atoms with Crippen LogP contribution >= 0.6 is 0 Å². The lowest BCUT2D eigenvalue weighted by molar-refractivity contribution is -0.139. The summed E-state index contributed by atoms with van der Waals surface area (Å²) < 4.78 is 5.42. The Hall–Kier alpha value is -3.68. The molecule has 0 aromatic heterocycles. The van der Waals surface area contributed by atoms with Crippen molar-refractivity contribution >= 4 is 23.6 Å². The van der Waals surface area contributed by atoms with Gasteiger partial charge in [-0.05, 0) is 43.5 Å². The monoisotopic (exact) mass is 409 g/mol. The molecule has 8 nitrogen and oxygen atoms in total. The van der Waals surface area contributed by atoms with Crippen LogP contribution in [0.1, 0.15) is 31.4 Å². The van der Waals surface area contributed by atoms with Gasteiger partial charge in [0.05, 0.1) is 0 Å². The number of hydrogen-bond acceptors (Lipinski definition) is 5. The Labute approximate surface area is 174 Å². The molecule has 30 heavy (non-hydrogen) atoms. The largest absolute Gasteiger partial charge is 0.484 e. The minimum Gasteiger partial charge on any atom is -0.484 e. The summed E-state index contributed by atoms with van der Waals surface area (Å²) in [6.07, 6.45) is 1.11. The van der Waals surface area contributed by atoms with Gasteiger partial charge >= 0.3 is 6.03 Å². The van der Waals surface area contributed by atoms with Crippen molar-refractivity contribution in [3.8, 4) is 5.75 Å². The smallest absolute Gasteiger partial charge is 0.344 e. The van der Waals surface area contributed by atoms with E-state index in [1.165, 1.54) is 0 Å². The van der Waals surface area contributed by atoms with Gasteiger partial charge in [-0.1, -0.05) is 42.5 Å². The molecule has 3 rings (SSSR count). The molecule has 2 N–H and O–H groups in total. The summed E-state index contributed by atoms with van der Waals surface area (Å²) in [7, 11) is 0. The van der Waals surface area contributed by atoms with Crippen LogP contribution in [-0.2, 0) is 26.3 Å². The Morgan fingerprint density at radius 1 is 1.07 bits per heavy atom. The Kier molecular flexibility index (Phi) is 6.15. The number of benzene rings is 2. The van der Waals surface area contributed by atoms with E-state index in [4.69, 9.17) is 4.74 Å². The Bertz CT molecular complexity index is 958. The van der Waals surface area contributed by atoms with E-state index in [1.807, 2.05) is 12.1 Å². The van der Waals surface area contributed by atoms with Gasteiger partial charge in [-0.2, -0.15) is 5.01 Å². The zero-order chi connectivity index (χ0) is 21.7. The summed E-state index contributed by atoms with van der Waals surface area (Å²) in [6, 6.07) is 15.1. The van der Waals surface area contributed by atoms with Gasteiger partial charge in [-0.15, -0.1) is 0 Å². The predicted octanol–water partition coefficient (Wildman–Crippen LogP) is 2.09. The number of hydrazine groups is 1. The standard InChI is InChI=1S/C22H23N3O5/c1-15(26)8-9-16-10-12-18(13-11-16)30-14-19(27)24-25-20(28)22(2,23-21(25)29)17-6-4-3-5-7-17/h3-7,10-13H,8-9,14H2,1-2H3,(H,23,29)(H,24,27). The zero-order valence-corrected chi connectivity index (χ0v) is 16.8. The number of imide groups is 1. The van der Waals surface area contributed by atoms with Crippen LogP contribution in [0.2, 0.25) is 0 Å². The minimum atomic E-state index is -1.26. The molecule has 1 unspecified atom stereocenters. The molecule has 1 saturated heterocycles. The summed E-state index contributed by atoms with van der Waals surface area (Å²) in [5.74, 6) is -0.641. The molecule has 0 bridgehead atoms. The molecule has 0 radical (unpaired) electrons. The highest BCUT2D eigenvalue weighted by Gasteiger charge is 2.49. The number of rotatable bonds is 8. The van der Waals surface area contributed by atoms with Crippen molar-refractivity contribution in [3.63, 3.8) is 0 Å². The van der Waals surface area contributed by atoms with E-state index in [-0.39, 0.29) is 12.4 Å². The Morgan fingerprint density at radius 2 is 1.73 bits per heavy atom. The average molecular weight is 409 g/mol. The van der Waals surface area contributed by atoms with Gasteiger partial charge in [-0.25, -0.2) is 4.79 Å². The number of aryl methyl sites for hydroxylation is 1. The molecule has 0 aliphatic carbocycles. The fourth-order valence-electron chi connectivity index (χ4n) is 3.09. The molecule has 1 heterocycles. The normalized spacial score (nSPS) is 18.1. The van der Waals surface area contributed by atoms with Crippen LogP contribution in [0, 0.1) is 0 Å². The number of nitrogens with one attached hydrogen (secondary N) is 2. The first-order valence-electron chi connectivity index (χ1n) is 9.52.